The summed E-state index contributed by atoms with van der Waals surface area (Å²) in [7, 11) is 0. The molecule has 178 valence electrons. The fourth-order valence-corrected chi connectivity index (χ4v) is 4.12. The Kier molecular flexibility index (Phi) is 7.40. The number of carbonyl (C=O) groups excluding carboxylic acids is 2. The molecular weight excluding hydrogens is 421 g/mol. The number of amides is 2. The molecule has 33 heavy (non-hydrogen) atoms. The number of carbonyl (C=O) groups is 2. The molecular formula is C26H34FN3O3. The van der Waals surface area contributed by atoms with Gasteiger partial charge in [-0.2, -0.15) is 0 Å². The molecule has 1 aromatic carbocycles. The van der Waals surface area contributed by atoms with E-state index < -0.39 is 35.9 Å². The van der Waals surface area contributed by atoms with Crippen LogP contribution in [0.1, 0.15) is 75.4 Å². The number of rotatable bonds is 5. The zero-order chi connectivity index (χ0) is 24.3. The van der Waals surface area contributed by atoms with Crippen molar-refractivity contribution in [1.29, 1.82) is 0 Å². The zero-order valence-corrected chi connectivity index (χ0v) is 20.3. The fraction of sp³-hybridized carbons (Fsp3) is 0.500. The van der Waals surface area contributed by atoms with E-state index in [4.69, 9.17) is 4.74 Å². The molecule has 1 fully saturated rings. The highest BCUT2D eigenvalue weighted by molar-refractivity contribution is 5.87. The van der Waals surface area contributed by atoms with Crippen LogP contribution in [0.4, 0.5) is 9.18 Å². The van der Waals surface area contributed by atoms with Gasteiger partial charge in [-0.15, -0.1) is 0 Å². The molecule has 3 rings (SSSR count). The lowest BCUT2D eigenvalue weighted by Gasteiger charge is -2.29. The molecule has 6 nitrogen and oxygen atoms in total. The molecule has 0 bridgehead atoms. The Labute approximate surface area is 195 Å². The summed E-state index contributed by atoms with van der Waals surface area (Å²) in [5, 5.41) is 3.02. The summed E-state index contributed by atoms with van der Waals surface area (Å²) in [5.41, 5.74) is 3.04. The van der Waals surface area contributed by atoms with E-state index in [1.807, 2.05) is 49.5 Å². The van der Waals surface area contributed by atoms with E-state index in [1.54, 1.807) is 20.8 Å². The normalized spacial score (nSPS) is 19.5. The average molecular weight is 456 g/mol. The summed E-state index contributed by atoms with van der Waals surface area (Å²) in [6.07, 6.45) is -0.188. The van der Waals surface area contributed by atoms with Crippen LogP contribution in [0.5, 0.6) is 0 Å². The van der Waals surface area contributed by atoms with Crippen molar-refractivity contribution >= 4 is 12.0 Å². The second-order valence-corrected chi connectivity index (χ2v) is 9.95. The first-order valence-corrected chi connectivity index (χ1v) is 11.4. The number of pyridine rings is 1. The van der Waals surface area contributed by atoms with Crippen LogP contribution >= 0.6 is 0 Å². The molecule has 1 aliphatic rings. The smallest absolute Gasteiger partial charge is 0.411 e. The van der Waals surface area contributed by atoms with Crippen LogP contribution in [-0.2, 0) is 9.53 Å². The first-order valence-electron chi connectivity index (χ1n) is 11.4. The molecule has 1 aromatic heterocycles. The summed E-state index contributed by atoms with van der Waals surface area (Å²) in [6.45, 7) is 11.3. The predicted octanol–water partition coefficient (Wildman–Crippen LogP) is 5.07. The van der Waals surface area contributed by atoms with E-state index in [0.29, 0.717) is 11.6 Å². The first kappa shape index (κ1) is 24.7. The van der Waals surface area contributed by atoms with E-state index in [9.17, 15) is 14.0 Å². The van der Waals surface area contributed by atoms with Gasteiger partial charge in [0.2, 0.25) is 5.91 Å². The van der Waals surface area contributed by atoms with Gasteiger partial charge in [0, 0.05) is 12.6 Å². The molecule has 7 heteroatoms. The summed E-state index contributed by atoms with van der Waals surface area (Å²) in [6, 6.07) is 10.0. The minimum Gasteiger partial charge on any atom is -0.444 e. The van der Waals surface area contributed by atoms with Crippen molar-refractivity contribution in [3.63, 3.8) is 0 Å². The third-order valence-electron chi connectivity index (χ3n) is 5.69. The van der Waals surface area contributed by atoms with Gasteiger partial charge in [-0.3, -0.25) is 14.7 Å². The van der Waals surface area contributed by atoms with Crippen LogP contribution in [0.2, 0.25) is 0 Å². The Morgan fingerprint density at radius 1 is 1.21 bits per heavy atom. The van der Waals surface area contributed by atoms with E-state index in [2.05, 4.69) is 24.1 Å². The molecule has 0 aliphatic carbocycles. The van der Waals surface area contributed by atoms with Crippen molar-refractivity contribution in [3.05, 3.63) is 65.0 Å². The van der Waals surface area contributed by atoms with Crippen LogP contribution in [0.3, 0.4) is 0 Å². The molecule has 2 heterocycles. The standard InChI is InChI=1S/C26H34FN3O3/c1-16(2)20-14-28-21(12-17(20)3)23(18-10-8-7-9-11-18)29-24(31)22-13-19(27)15-30(22)25(32)33-26(4,5)6/h7-12,14,16,19,22-23H,13,15H2,1-6H3,(H,29,31)/t19?,22-,23?/m1/s1. The Morgan fingerprint density at radius 3 is 2.45 bits per heavy atom. The highest BCUT2D eigenvalue weighted by Crippen LogP contribution is 2.28. The van der Waals surface area contributed by atoms with E-state index >= 15 is 0 Å². The van der Waals surface area contributed by atoms with Gasteiger partial charge in [-0.05, 0) is 56.4 Å². The zero-order valence-electron chi connectivity index (χ0n) is 20.3. The van der Waals surface area contributed by atoms with E-state index in [0.717, 1.165) is 16.7 Å². The number of aryl methyl sites for hydroxylation is 1. The molecule has 3 atom stereocenters. The SMILES string of the molecule is Cc1cc(C(NC(=O)[C@H]2CC(F)CN2C(=O)OC(C)(C)C)c2ccccc2)ncc1C(C)C. The number of alkyl halides is 1. The minimum absolute atomic E-state index is 0.0642. The number of nitrogens with one attached hydrogen (secondary N) is 1. The number of benzene rings is 1. The van der Waals surface area contributed by atoms with Crippen molar-refractivity contribution in [2.24, 2.45) is 0 Å². The van der Waals surface area contributed by atoms with Gasteiger partial charge in [0.15, 0.2) is 0 Å². The van der Waals surface area contributed by atoms with Crippen LogP contribution < -0.4 is 5.32 Å². The monoisotopic (exact) mass is 455 g/mol. The molecule has 0 spiro atoms. The second-order valence-electron chi connectivity index (χ2n) is 9.95. The van der Waals surface area contributed by atoms with Gasteiger partial charge in [-0.25, -0.2) is 9.18 Å². The maximum absolute atomic E-state index is 14.3. The van der Waals surface area contributed by atoms with Gasteiger partial charge >= 0.3 is 6.09 Å². The molecule has 0 radical (unpaired) electrons. The largest absolute Gasteiger partial charge is 0.444 e. The molecule has 2 amide bonds. The quantitative estimate of drug-likeness (QED) is 0.684. The molecule has 2 aromatic rings. The first-order chi connectivity index (χ1) is 15.5. The molecule has 1 saturated heterocycles. The maximum atomic E-state index is 14.3. The summed E-state index contributed by atoms with van der Waals surface area (Å²) in [4.78, 5) is 31.8. The number of halogens is 1. The summed E-state index contributed by atoms with van der Waals surface area (Å²) >= 11 is 0. The molecule has 1 N–H and O–H groups in total. The van der Waals surface area contributed by atoms with Gasteiger partial charge in [0.1, 0.15) is 17.8 Å². The lowest BCUT2D eigenvalue weighted by Crippen LogP contribution is -2.48. The Hall–Kier alpha value is -2.96. The second kappa shape index (κ2) is 9.89. The number of likely N-dealkylation sites (tertiary alicyclic amines) is 1. The van der Waals surface area contributed by atoms with Gasteiger partial charge in [-0.1, -0.05) is 44.2 Å². The lowest BCUT2D eigenvalue weighted by molar-refractivity contribution is -0.126. The van der Waals surface area contributed by atoms with E-state index in [1.165, 1.54) is 4.90 Å². The molecule has 0 saturated carbocycles. The minimum atomic E-state index is -1.28. The third-order valence-corrected chi connectivity index (χ3v) is 5.69. The summed E-state index contributed by atoms with van der Waals surface area (Å²) in [5.74, 6) is -0.0964. The van der Waals surface area contributed by atoms with Crippen molar-refractivity contribution in [3.8, 4) is 0 Å². The van der Waals surface area contributed by atoms with Gasteiger partial charge < -0.3 is 10.1 Å². The summed E-state index contributed by atoms with van der Waals surface area (Å²) < 4.78 is 19.7. The average Bonchev–Trinajstić information content (AvgIpc) is 3.13. The number of aromatic nitrogens is 1. The van der Waals surface area contributed by atoms with Crippen LogP contribution in [0.15, 0.2) is 42.6 Å². The Morgan fingerprint density at radius 2 is 1.88 bits per heavy atom. The number of hydrogen-bond acceptors (Lipinski definition) is 4. The lowest BCUT2D eigenvalue weighted by atomic mass is 9.96. The maximum Gasteiger partial charge on any atom is 0.411 e. The topological polar surface area (TPSA) is 71.5 Å². The number of hydrogen-bond donors (Lipinski definition) is 1. The molecule has 1 aliphatic heterocycles. The van der Waals surface area contributed by atoms with Crippen LogP contribution in [0.25, 0.3) is 0 Å². The fourth-order valence-electron chi connectivity index (χ4n) is 4.12. The van der Waals surface area contributed by atoms with Crippen LogP contribution in [-0.4, -0.2) is 46.2 Å². The highest BCUT2D eigenvalue weighted by atomic mass is 19.1. The highest BCUT2D eigenvalue weighted by Gasteiger charge is 2.42. The Balaban J connectivity index is 1.89. The van der Waals surface area contributed by atoms with Gasteiger partial charge in [0.05, 0.1) is 18.3 Å². The van der Waals surface area contributed by atoms with Crippen molar-refractivity contribution in [2.75, 3.05) is 6.54 Å². The van der Waals surface area contributed by atoms with Crippen molar-refractivity contribution < 1.29 is 18.7 Å². The van der Waals surface area contributed by atoms with Crippen molar-refractivity contribution in [1.82, 2.24) is 15.2 Å². The Bertz CT molecular complexity index is 988. The third kappa shape index (κ3) is 6.09. The van der Waals surface area contributed by atoms with E-state index in [-0.39, 0.29) is 13.0 Å². The number of ether oxygens (including phenoxy) is 1. The molecule has 2 unspecified atom stereocenters. The van der Waals surface area contributed by atoms with Gasteiger partial charge in [0.25, 0.3) is 0 Å². The van der Waals surface area contributed by atoms with Crippen molar-refractivity contribution in [2.45, 2.75) is 77.7 Å². The van der Waals surface area contributed by atoms with Crippen LogP contribution in [0, 0.1) is 6.92 Å². The predicted molar refractivity (Wildman–Crippen MR) is 126 cm³/mol. The number of nitrogens with zero attached hydrogens (tertiary/aromatic N) is 2.